The van der Waals surface area contributed by atoms with Crippen molar-refractivity contribution in [1.29, 1.82) is 0 Å². The van der Waals surface area contributed by atoms with Gasteiger partial charge in [-0.2, -0.15) is 10.3 Å². The number of hydrogen-bond acceptors (Lipinski definition) is 6. The van der Waals surface area contributed by atoms with Gasteiger partial charge in [0.1, 0.15) is 5.02 Å². The standard InChI is InChI=1S/C10H12ClN7O/c1-3-4-18-10(19)8(11)7(5-12-18)13-6(2)9-14-16-17-15-9/h3,5-6,13H,1,4H2,2H3,(H,14,15,16,17). The summed E-state index contributed by atoms with van der Waals surface area (Å²) in [5.74, 6) is 0.464. The zero-order valence-electron chi connectivity index (χ0n) is 10.2. The lowest BCUT2D eigenvalue weighted by molar-refractivity contribution is 0.651. The van der Waals surface area contributed by atoms with Gasteiger partial charge in [-0.15, -0.1) is 16.8 Å². The summed E-state index contributed by atoms with van der Waals surface area (Å²) in [6.07, 6.45) is 3.05. The number of hydrogen-bond donors (Lipinski definition) is 2. The molecule has 19 heavy (non-hydrogen) atoms. The second-order valence-corrected chi connectivity index (χ2v) is 4.16. The van der Waals surface area contributed by atoms with E-state index in [1.54, 1.807) is 6.08 Å². The largest absolute Gasteiger partial charge is 0.373 e. The van der Waals surface area contributed by atoms with Crippen LogP contribution >= 0.6 is 11.6 Å². The van der Waals surface area contributed by atoms with Crippen LogP contribution in [0.2, 0.25) is 5.02 Å². The third kappa shape index (κ3) is 2.79. The van der Waals surface area contributed by atoms with Crippen LogP contribution in [0, 0.1) is 0 Å². The Bertz CT molecular complexity index is 621. The fraction of sp³-hybridized carbons (Fsp3) is 0.300. The topological polar surface area (TPSA) is 101 Å². The quantitative estimate of drug-likeness (QED) is 0.785. The number of rotatable bonds is 5. The summed E-state index contributed by atoms with van der Waals surface area (Å²) in [6, 6.07) is -0.257. The maximum absolute atomic E-state index is 11.9. The van der Waals surface area contributed by atoms with Crippen LogP contribution in [-0.4, -0.2) is 30.4 Å². The molecule has 0 aliphatic heterocycles. The average Bonchev–Trinajstić information content (AvgIpc) is 2.92. The van der Waals surface area contributed by atoms with E-state index in [0.29, 0.717) is 18.1 Å². The number of H-pyrrole nitrogens is 1. The fourth-order valence-electron chi connectivity index (χ4n) is 1.47. The Labute approximate surface area is 113 Å². The number of nitrogens with zero attached hydrogens (tertiary/aromatic N) is 5. The van der Waals surface area contributed by atoms with E-state index in [1.807, 2.05) is 6.92 Å². The van der Waals surface area contributed by atoms with E-state index in [2.05, 4.69) is 37.6 Å². The molecule has 0 amide bonds. The molecule has 8 nitrogen and oxygen atoms in total. The van der Waals surface area contributed by atoms with E-state index in [1.165, 1.54) is 10.9 Å². The first-order valence-corrected chi connectivity index (χ1v) is 5.87. The van der Waals surface area contributed by atoms with Gasteiger partial charge in [-0.25, -0.2) is 4.68 Å². The minimum absolute atomic E-state index is 0.0622. The summed E-state index contributed by atoms with van der Waals surface area (Å²) in [5, 5.41) is 20.5. The molecule has 2 rings (SSSR count). The van der Waals surface area contributed by atoms with Crippen molar-refractivity contribution in [2.24, 2.45) is 0 Å². The van der Waals surface area contributed by atoms with Crippen LogP contribution in [0.4, 0.5) is 5.69 Å². The molecule has 0 aliphatic carbocycles. The molecule has 1 unspecified atom stereocenters. The van der Waals surface area contributed by atoms with Crippen LogP contribution < -0.4 is 10.9 Å². The molecule has 0 aliphatic rings. The molecular weight excluding hydrogens is 270 g/mol. The van der Waals surface area contributed by atoms with E-state index in [0.717, 1.165) is 0 Å². The van der Waals surface area contributed by atoms with Crippen molar-refractivity contribution in [1.82, 2.24) is 30.4 Å². The predicted molar refractivity (Wildman–Crippen MR) is 69.9 cm³/mol. The molecule has 0 aromatic carbocycles. The highest BCUT2D eigenvalue weighted by Crippen LogP contribution is 2.20. The van der Waals surface area contributed by atoms with Gasteiger partial charge in [-0.05, 0) is 6.92 Å². The van der Waals surface area contributed by atoms with E-state index in [9.17, 15) is 4.79 Å². The van der Waals surface area contributed by atoms with Crippen molar-refractivity contribution in [2.75, 3.05) is 5.32 Å². The normalized spacial score (nSPS) is 12.1. The first-order chi connectivity index (χ1) is 9.13. The third-order valence-electron chi connectivity index (χ3n) is 2.41. The molecule has 0 fully saturated rings. The van der Waals surface area contributed by atoms with Crippen LogP contribution in [0.1, 0.15) is 18.8 Å². The maximum Gasteiger partial charge on any atom is 0.287 e. The molecule has 100 valence electrons. The van der Waals surface area contributed by atoms with Crippen LogP contribution in [0.5, 0.6) is 0 Å². The number of aromatic nitrogens is 6. The molecule has 2 aromatic rings. The maximum atomic E-state index is 11.9. The molecule has 0 radical (unpaired) electrons. The van der Waals surface area contributed by atoms with Gasteiger partial charge in [0.2, 0.25) is 0 Å². The van der Waals surface area contributed by atoms with Gasteiger partial charge in [-0.1, -0.05) is 22.9 Å². The van der Waals surface area contributed by atoms with Crippen LogP contribution in [0.15, 0.2) is 23.6 Å². The SMILES string of the molecule is C=CCn1ncc(NC(C)c2nn[nH]n2)c(Cl)c1=O. The Balaban J connectivity index is 2.24. The lowest BCUT2D eigenvalue weighted by atomic mass is 10.3. The smallest absolute Gasteiger partial charge is 0.287 e. The lowest BCUT2D eigenvalue weighted by Crippen LogP contribution is -2.24. The summed E-state index contributed by atoms with van der Waals surface area (Å²) in [7, 11) is 0. The molecule has 0 spiro atoms. The molecule has 9 heteroatoms. The van der Waals surface area contributed by atoms with Gasteiger partial charge < -0.3 is 5.32 Å². The Morgan fingerprint density at radius 1 is 1.68 bits per heavy atom. The van der Waals surface area contributed by atoms with Gasteiger partial charge in [0.15, 0.2) is 5.82 Å². The molecular formula is C10H12ClN7O. The minimum Gasteiger partial charge on any atom is -0.373 e. The van der Waals surface area contributed by atoms with Crippen LogP contribution in [0.25, 0.3) is 0 Å². The Kier molecular flexibility index (Phi) is 3.91. The summed E-state index contributed by atoms with van der Waals surface area (Å²) in [6.45, 7) is 5.67. The van der Waals surface area contributed by atoms with Gasteiger partial charge in [0.25, 0.3) is 5.56 Å². The monoisotopic (exact) mass is 281 g/mol. The molecule has 2 heterocycles. The fourth-order valence-corrected chi connectivity index (χ4v) is 1.67. The highest BCUT2D eigenvalue weighted by molar-refractivity contribution is 6.32. The van der Waals surface area contributed by atoms with Crippen molar-refractivity contribution in [3.63, 3.8) is 0 Å². The van der Waals surface area contributed by atoms with Crippen molar-refractivity contribution >= 4 is 17.3 Å². The molecule has 1 atom stereocenters. The van der Waals surface area contributed by atoms with E-state index in [-0.39, 0.29) is 16.6 Å². The van der Waals surface area contributed by atoms with Crippen LogP contribution in [0.3, 0.4) is 0 Å². The molecule has 2 N–H and O–H groups in total. The van der Waals surface area contributed by atoms with Gasteiger partial charge in [-0.3, -0.25) is 4.79 Å². The Morgan fingerprint density at radius 2 is 2.47 bits per heavy atom. The number of tetrazole rings is 1. The Hall–Kier alpha value is -2.22. The number of allylic oxidation sites excluding steroid dienone is 1. The summed E-state index contributed by atoms with van der Waals surface area (Å²) >= 11 is 6.01. The van der Waals surface area contributed by atoms with Crippen LogP contribution in [-0.2, 0) is 6.54 Å². The molecule has 0 bridgehead atoms. The van der Waals surface area contributed by atoms with E-state index < -0.39 is 0 Å². The summed E-state index contributed by atoms with van der Waals surface area (Å²) < 4.78 is 1.22. The molecule has 0 saturated heterocycles. The van der Waals surface area contributed by atoms with Crippen molar-refractivity contribution in [3.05, 3.63) is 40.1 Å². The van der Waals surface area contributed by atoms with Gasteiger partial charge >= 0.3 is 0 Å². The predicted octanol–water partition coefficient (Wildman–Crippen LogP) is 0.769. The second-order valence-electron chi connectivity index (χ2n) is 3.78. The van der Waals surface area contributed by atoms with Gasteiger partial charge in [0.05, 0.1) is 24.5 Å². The number of nitrogens with one attached hydrogen (secondary N) is 2. The first-order valence-electron chi connectivity index (χ1n) is 5.50. The first kappa shape index (κ1) is 13.2. The number of halogens is 1. The summed E-state index contributed by atoms with van der Waals surface area (Å²) in [5.41, 5.74) is 0.0381. The lowest BCUT2D eigenvalue weighted by Gasteiger charge is -2.13. The highest BCUT2D eigenvalue weighted by atomic mass is 35.5. The molecule has 0 saturated carbocycles. The van der Waals surface area contributed by atoms with Gasteiger partial charge in [0, 0.05) is 0 Å². The van der Waals surface area contributed by atoms with Crippen molar-refractivity contribution < 1.29 is 0 Å². The van der Waals surface area contributed by atoms with Crippen molar-refractivity contribution in [3.8, 4) is 0 Å². The zero-order valence-corrected chi connectivity index (χ0v) is 10.9. The van der Waals surface area contributed by atoms with Crippen molar-refractivity contribution in [2.45, 2.75) is 19.5 Å². The van der Waals surface area contributed by atoms with E-state index in [4.69, 9.17) is 11.6 Å². The highest BCUT2D eigenvalue weighted by Gasteiger charge is 2.14. The third-order valence-corrected chi connectivity index (χ3v) is 2.77. The number of anilines is 1. The number of aromatic amines is 1. The minimum atomic E-state index is -0.383. The Morgan fingerprint density at radius 3 is 3.11 bits per heavy atom. The zero-order chi connectivity index (χ0) is 13.8. The summed E-state index contributed by atoms with van der Waals surface area (Å²) in [4.78, 5) is 11.9. The average molecular weight is 282 g/mol. The molecule has 2 aromatic heterocycles. The second kappa shape index (κ2) is 5.61. The van der Waals surface area contributed by atoms with E-state index >= 15 is 0 Å².